The fourth-order valence-electron chi connectivity index (χ4n) is 5.20. The van der Waals surface area contributed by atoms with Crippen LogP contribution < -0.4 is 0 Å². The van der Waals surface area contributed by atoms with Crippen LogP contribution in [-0.4, -0.2) is 25.2 Å². The third kappa shape index (κ3) is 4.53. The van der Waals surface area contributed by atoms with Gasteiger partial charge in [0, 0.05) is 12.3 Å². The number of rotatable bonds is 6. The van der Waals surface area contributed by atoms with Crippen LogP contribution in [0.3, 0.4) is 0 Å². The number of hydrogen-bond acceptors (Lipinski definition) is 3. The largest absolute Gasteiger partial charge is 0.299 e. The van der Waals surface area contributed by atoms with E-state index >= 15 is 0 Å². The molecule has 0 bridgehead atoms. The second kappa shape index (κ2) is 8.30. The summed E-state index contributed by atoms with van der Waals surface area (Å²) in [5.41, 5.74) is 5.42. The maximum atomic E-state index is 12.9. The second-order valence-electron chi connectivity index (χ2n) is 9.69. The molecule has 2 aliphatic rings. The van der Waals surface area contributed by atoms with Crippen LogP contribution in [0.5, 0.6) is 0 Å². The van der Waals surface area contributed by atoms with Gasteiger partial charge >= 0.3 is 0 Å². The van der Waals surface area contributed by atoms with Crippen molar-refractivity contribution >= 4 is 15.6 Å². The maximum Gasteiger partial charge on any atom is 0.152 e. The minimum absolute atomic E-state index is 0.101. The summed E-state index contributed by atoms with van der Waals surface area (Å²) in [4.78, 5) is 12.9. The van der Waals surface area contributed by atoms with Gasteiger partial charge in [0.1, 0.15) is 5.78 Å². The van der Waals surface area contributed by atoms with Crippen molar-refractivity contribution in [3.8, 4) is 0 Å². The number of ketones is 1. The molecule has 3 rings (SSSR count). The topological polar surface area (TPSA) is 51.2 Å². The highest BCUT2D eigenvalue weighted by atomic mass is 32.2. The van der Waals surface area contributed by atoms with E-state index in [4.69, 9.17) is 0 Å². The SMILES string of the molecule is Cc1cc(CC(=O)C2CCC(CS(=O)(=O)C(C)C)CC2)cc2c1C(C)C(C)C2. The zero-order valence-electron chi connectivity index (χ0n) is 18.1. The number of aryl methyl sites for hydroxylation is 1. The normalized spacial score (nSPS) is 27.8. The predicted molar refractivity (Wildman–Crippen MR) is 116 cm³/mol. The number of carbonyl (C=O) groups excluding carboxylic acids is 1. The Hall–Kier alpha value is -1.16. The van der Waals surface area contributed by atoms with E-state index in [1.165, 1.54) is 16.7 Å². The van der Waals surface area contributed by atoms with Crippen LogP contribution in [0.15, 0.2) is 12.1 Å². The third-order valence-corrected chi connectivity index (χ3v) is 9.62. The van der Waals surface area contributed by atoms with Gasteiger partial charge < -0.3 is 0 Å². The second-order valence-corrected chi connectivity index (χ2v) is 12.3. The lowest BCUT2D eigenvalue weighted by Crippen LogP contribution is -2.29. The molecule has 1 saturated carbocycles. The fourth-order valence-corrected chi connectivity index (χ4v) is 6.58. The molecule has 1 fully saturated rings. The Kier molecular flexibility index (Phi) is 6.38. The zero-order valence-corrected chi connectivity index (χ0v) is 18.9. The van der Waals surface area contributed by atoms with E-state index in [0.717, 1.165) is 37.7 Å². The zero-order chi connectivity index (χ0) is 20.6. The summed E-state index contributed by atoms with van der Waals surface area (Å²) in [5.74, 6) is 2.23. The van der Waals surface area contributed by atoms with E-state index in [-0.39, 0.29) is 22.8 Å². The minimum Gasteiger partial charge on any atom is -0.299 e. The van der Waals surface area contributed by atoms with Crippen molar-refractivity contribution in [2.24, 2.45) is 17.8 Å². The van der Waals surface area contributed by atoms with Crippen molar-refractivity contribution in [2.75, 3.05) is 5.75 Å². The molecule has 1 aromatic rings. The van der Waals surface area contributed by atoms with Gasteiger partial charge in [-0.2, -0.15) is 0 Å². The first-order chi connectivity index (χ1) is 13.1. The molecule has 28 heavy (non-hydrogen) atoms. The van der Waals surface area contributed by atoms with Crippen LogP contribution >= 0.6 is 0 Å². The molecule has 0 heterocycles. The first kappa shape index (κ1) is 21.5. The molecule has 0 aromatic heterocycles. The van der Waals surface area contributed by atoms with E-state index in [0.29, 0.717) is 24.0 Å². The molecule has 4 heteroatoms. The first-order valence-electron chi connectivity index (χ1n) is 10.9. The van der Waals surface area contributed by atoms with Gasteiger partial charge in [0.15, 0.2) is 9.84 Å². The minimum atomic E-state index is -2.99. The third-order valence-electron chi connectivity index (χ3n) is 7.25. The summed E-state index contributed by atoms with van der Waals surface area (Å²) >= 11 is 0. The Morgan fingerprint density at radius 2 is 1.75 bits per heavy atom. The smallest absolute Gasteiger partial charge is 0.152 e. The van der Waals surface area contributed by atoms with E-state index in [2.05, 4.69) is 32.9 Å². The fraction of sp³-hybridized carbons (Fsp3) is 0.708. The molecule has 0 radical (unpaired) electrons. The maximum absolute atomic E-state index is 12.9. The Labute approximate surface area is 171 Å². The summed E-state index contributed by atoms with van der Waals surface area (Å²) in [6, 6.07) is 4.48. The highest BCUT2D eigenvalue weighted by Crippen LogP contribution is 2.40. The van der Waals surface area contributed by atoms with Crippen molar-refractivity contribution < 1.29 is 13.2 Å². The summed E-state index contributed by atoms with van der Waals surface area (Å²) in [5, 5.41) is -0.305. The Morgan fingerprint density at radius 1 is 1.11 bits per heavy atom. The molecule has 0 N–H and O–H groups in total. The molecule has 2 atom stereocenters. The summed E-state index contributed by atoms with van der Waals surface area (Å²) in [6.07, 6.45) is 5.05. The monoisotopic (exact) mass is 404 g/mol. The molecular formula is C24H36O3S. The van der Waals surface area contributed by atoms with Crippen molar-refractivity contribution in [1.29, 1.82) is 0 Å². The van der Waals surface area contributed by atoms with Gasteiger partial charge in [-0.25, -0.2) is 8.42 Å². The lowest BCUT2D eigenvalue weighted by molar-refractivity contribution is -0.123. The predicted octanol–water partition coefficient (Wildman–Crippen LogP) is 5.03. The van der Waals surface area contributed by atoms with Crippen LogP contribution in [0.4, 0.5) is 0 Å². The lowest BCUT2D eigenvalue weighted by atomic mass is 9.79. The van der Waals surface area contributed by atoms with Gasteiger partial charge in [-0.15, -0.1) is 0 Å². The van der Waals surface area contributed by atoms with Crippen molar-refractivity contribution in [2.45, 2.75) is 84.3 Å². The number of Topliss-reactive ketones (excluding diaryl/α,β-unsaturated/α-hetero) is 1. The quantitative estimate of drug-likeness (QED) is 0.668. The van der Waals surface area contributed by atoms with Crippen LogP contribution in [0.25, 0.3) is 0 Å². The molecule has 156 valence electrons. The van der Waals surface area contributed by atoms with Gasteiger partial charge in [0.2, 0.25) is 0 Å². The van der Waals surface area contributed by atoms with Crippen molar-refractivity contribution in [3.05, 3.63) is 34.4 Å². The van der Waals surface area contributed by atoms with Gasteiger partial charge in [0.05, 0.1) is 11.0 Å². The van der Waals surface area contributed by atoms with Crippen molar-refractivity contribution in [3.63, 3.8) is 0 Å². The highest BCUT2D eigenvalue weighted by molar-refractivity contribution is 7.91. The molecule has 2 unspecified atom stereocenters. The lowest BCUT2D eigenvalue weighted by Gasteiger charge is -2.28. The van der Waals surface area contributed by atoms with E-state index in [1.54, 1.807) is 13.8 Å². The first-order valence-corrected chi connectivity index (χ1v) is 12.7. The molecule has 3 nitrogen and oxygen atoms in total. The van der Waals surface area contributed by atoms with Gasteiger partial charge in [-0.1, -0.05) is 26.0 Å². The average Bonchev–Trinajstić information content (AvgIpc) is 2.89. The van der Waals surface area contributed by atoms with Crippen LogP contribution in [0, 0.1) is 24.7 Å². The molecule has 0 saturated heterocycles. The van der Waals surface area contributed by atoms with Gasteiger partial charge in [-0.05, 0) is 92.9 Å². The summed E-state index contributed by atoms with van der Waals surface area (Å²) < 4.78 is 24.3. The Balaban J connectivity index is 1.59. The standard InChI is InChI=1S/C24H36O3S/c1-15(2)28(26,27)14-19-6-8-21(9-7-19)23(25)13-20-10-17(4)24-18(5)16(3)11-22(24)12-20/h10,12,15-16,18-19,21H,6-9,11,13-14H2,1-5H3. The number of sulfone groups is 1. The van der Waals surface area contributed by atoms with E-state index < -0.39 is 9.84 Å². The number of carbonyl (C=O) groups is 1. The molecule has 1 aromatic carbocycles. The Morgan fingerprint density at radius 3 is 2.36 bits per heavy atom. The Bertz CT molecular complexity index is 830. The number of hydrogen-bond donors (Lipinski definition) is 0. The molecule has 2 aliphatic carbocycles. The molecule has 0 amide bonds. The number of benzene rings is 1. The number of fused-ring (bicyclic) bond motifs is 1. The van der Waals surface area contributed by atoms with E-state index in [9.17, 15) is 13.2 Å². The summed E-state index contributed by atoms with van der Waals surface area (Å²) in [6.45, 7) is 10.3. The average molecular weight is 405 g/mol. The molecule has 0 aliphatic heterocycles. The van der Waals surface area contributed by atoms with Crippen LogP contribution in [0.2, 0.25) is 0 Å². The summed E-state index contributed by atoms with van der Waals surface area (Å²) in [7, 11) is -2.99. The van der Waals surface area contributed by atoms with Crippen LogP contribution in [0.1, 0.15) is 81.5 Å². The van der Waals surface area contributed by atoms with Gasteiger partial charge in [-0.3, -0.25) is 4.79 Å². The molecule has 0 spiro atoms. The van der Waals surface area contributed by atoms with Crippen LogP contribution in [-0.2, 0) is 27.5 Å². The van der Waals surface area contributed by atoms with E-state index in [1.807, 2.05) is 0 Å². The van der Waals surface area contributed by atoms with Crippen molar-refractivity contribution in [1.82, 2.24) is 0 Å². The van der Waals surface area contributed by atoms with Gasteiger partial charge in [0.25, 0.3) is 0 Å². The molecular weight excluding hydrogens is 368 g/mol. The highest BCUT2D eigenvalue weighted by Gasteiger charge is 2.31.